The first-order valence-corrected chi connectivity index (χ1v) is 6.78. The maximum absolute atomic E-state index is 12.4. The quantitative estimate of drug-likeness (QED) is 0.922. The fraction of sp³-hybridized carbons (Fsp3) is 0.250. The SMILES string of the molecule is C/C=C/c1cc(C(=O)Nc2ccn(C)n2)cc(OC)c1OC. The number of aromatic nitrogens is 2. The lowest BCUT2D eigenvalue weighted by Gasteiger charge is -2.13. The first-order chi connectivity index (χ1) is 10.6. The minimum absolute atomic E-state index is 0.259. The molecule has 1 aromatic heterocycles. The third kappa shape index (κ3) is 3.28. The topological polar surface area (TPSA) is 65.4 Å². The molecule has 1 heterocycles. The molecule has 0 saturated carbocycles. The van der Waals surface area contributed by atoms with Crippen molar-refractivity contribution in [2.24, 2.45) is 7.05 Å². The van der Waals surface area contributed by atoms with Gasteiger partial charge in [-0.3, -0.25) is 9.48 Å². The van der Waals surface area contributed by atoms with E-state index in [9.17, 15) is 4.79 Å². The fourth-order valence-electron chi connectivity index (χ4n) is 2.10. The van der Waals surface area contributed by atoms with E-state index in [4.69, 9.17) is 9.47 Å². The number of methoxy groups -OCH3 is 2. The van der Waals surface area contributed by atoms with Crippen LogP contribution in [0, 0.1) is 0 Å². The van der Waals surface area contributed by atoms with Crippen LogP contribution in [0.4, 0.5) is 5.82 Å². The van der Waals surface area contributed by atoms with Gasteiger partial charge in [-0.25, -0.2) is 0 Å². The minimum Gasteiger partial charge on any atom is -0.493 e. The first kappa shape index (κ1) is 15.6. The van der Waals surface area contributed by atoms with Gasteiger partial charge in [0.1, 0.15) is 0 Å². The molecule has 0 unspecified atom stereocenters. The number of benzene rings is 1. The van der Waals surface area contributed by atoms with Gasteiger partial charge in [-0.2, -0.15) is 5.10 Å². The van der Waals surface area contributed by atoms with Crippen molar-refractivity contribution in [1.29, 1.82) is 0 Å². The van der Waals surface area contributed by atoms with Gasteiger partial charge in [0.25, 0.3) is 5.91 Å². The maximum atomic E-state index is 12.4. The maximum Gasteiger partial charge on any atom is 0.257 e. The molecule has 2 rings (SSSR count). The van der Waals surface area contributed by atoms with E-state index in [1.165, 1.54) is 7.11 Å². The number of nitrogens with one attached hydrogen (secondary N) is 1. The smallest absolute Gasteiger partial charge is 0.257 e. The Labute approximate surface area is 129 Å². The minimum atomic E-state index is -0.259. The predicted molar refractivity (Wildman–Crippen MR) is 85.4 cm³/mol. The van der Waals surface area contributed by atoms with E-state index in [0.29, 0.717) is 22.9 Å². The van der Waals surface area contributed by atoms with Gasteiger partial charge in [0.2, 0.25) is 0 Å². The van der Waals surface area contributed by atoms with Crippen LogP contribution in [0.3, 0.4) is 0 Å². The highest BCUT2D eigenvalue weighted by molar-refractivity contribution is 6.04. The molecule has 0 fully saturated rings. The Balaban J connectivity index is 2.37. The van der Waals surface area contributed by atoms with Gasteiger partial charge < -0.3 is 14.8 Å². The van der Waals surface area contributed by atoms with Crippen molar-refractivity contribution >= 4 is 17.8 Å². The second-order valence-electron chi connectivity index (χ2n) is 4.63. The standard InChI is InChI=1S/C16H19N3O3/c1-5-6-11-9-12(10-13(21-3)15(11)22-4)16(20)17-14-7-8-19(2)18-14/h5-10H,1-4H3,(H,17,18,20)/b6-5+. The van der Waals surface area contributed by atoms with E-state index >= 15 is 0 Å². The Morgan fingerprint density at radius 2 is 2.09 bits per heavy atom. The summed E-state index contributed by atoms with van der Waals surface area (Å²) in [6.07, 6.45) is 5.49. The number of allylic oxidation sites excluding steroid dienone is 1. The molecule has 1 N–H and O–H groups in total. The highest BCUT2D eigenvalue weighted by Crippen LogP contribution is 2.33. The lowest BCUT2D eigenvalue weighted by molar-refractivity contribution is 0.102. The van der Waals surface area contributed by atoms with E-state index in [1.54, 1.807) is 43.2 Å². The van der Waals surface area contributed by atoms with Crippen molar-refractivity contribution in [3.05, 3.63) is 41.6 Å². The van der Waals surface area contributed by atoms with Crippen LogP contribution < -0.4 is 14.8 Å². The molecule has 1 aromatic carbocycles. The van der Waals surface area contributed by atoms with Gasteiger partial charge >= 0.3 is 0 Å². The van der Waals surface area contributed by atoms with Crippen LogP contribution in [0.15, 0.2) is 30.5 Å². The van der Waals surface area contributed by atoms with Crippen molar-refractivity contribution in [3.8, 4) is 11.5 Å². The summed E-state index contributed by atoms with van der Waals surface area (Å²) in [5, 5.41) is 6.87. The molecule has 0 aliphatic heterocycles. The Kier molecular flexibility index (Phi) is 4.83. The third-order valence-corrected chi connectivity index (χ3v) is 3.07. The molecule has 0 atom stereocenters. The molecule has 6 nitrogen and oxygen atoms in total. The van der Waals surface area contributed by atoms with Gasteiger partial charge in [0.15, 0.2) is 17.3 Å². The fourth-order valence-corrected chi connectivity index (χ4v) is 2.10. The number of rotatable bonds is 5. The molecular weight excluding hydrogens is 282 g/mol. The molecule has 0 saturated heterocycles. The highest BCUT2D eigenvalue weighted by Gasteiger charge is 2.15. The summed E-state index contributed by atoms with van der Waals surface area (Å²) in [6.45, 7) is 1.90. The van der Waals surface area contributed by atoms with Crippen molar-refractivity contribution in [2.75, 3.05) is 19.5 Å². The Hall–Kier alpha value is -2.76. The van der Waals surface area contributed by atoms with E-state index in [1.807, 2.05) is 19.1 Å². The number of hydrogen-bond donors (Lipinski definition) is 1. The van der Waals surface area contributed by atoms with Crippen LogP contribution >= 0.6 is 0 Å². The van der Waals surface area contributed by atoms with Gasteiger partial charge in [0, 0.05) is 30.4 Å². The number of anilines is 1. The summed E-state index contributed by atoms with van der Waals surface area (Å²) >= 11 is 0. The van der Waals surface area contributed by atoms with Crippen LogP contribution in [-0.4, -0.2) is 29.9 Å². The summed E-state index contributed by atoms with van der Waals surface area (Å²) in [4.78, 5) is 12.4. The first-order valence-electron chi connectivity index (χ1n) is 6.78. The predicted octanol–water partition coefficient (Wildman–Crippen LogP) is 2.72. The van der Waals surface area contributed by atoms with E-state index in [-0.39, 0.29) is 5.91 Å². The molecule has 0 bridgehead atoms. The zero-order valence-electron chi connectivity index (χ0n) is 13.1. The second-order valence-corrected chi connectivity index (χ2v) is 4.63. The van der Waals surface area contributed by atoms with Gasteiger partial charge in [-0.05, 0) is 19.1 Å². The van der Waals surface area contributed by atoms with Crippen LogP contribution in [0.1, 0.15) is 22.8 Å². The van der Waals surface area contributed by atoms with Crippen LogP contribution in [-0.2, 0) is 7.05 Å². The van der Waals surface area contributed by atoms with Crippen molar-refractivity contribution < 1.29 is 14.3 Å². The lowest BCUT2D eigenvalue weighted by Crippen LogP contribution is -2.13. The summed E-state index contributed by atoms with van der Waals surface area (Å²) in [6, 6.07) is 5.12. The third-order valence-electron chi connectivity index (χ3n) is 3.07. The zero-order chi connectivity index (χ0) is 16.1. The summed E-state index contributed by atoms with van der Waals surface area (Å²) in [7, 11) is 4.90. The highest BCUT2D eigenvalue weighted by atomic mass is 16.5. The van der Waals surface area contributed by atoms with Crippen molar-refractivity contribution in [1.82, 2.24) is 9.78 Å². The molecule has 2 aromatic rings. The second kappa shape index (κ2) is 6.80. The largest absolute Gasteiger partial charge is 0.493 e. The van der Waals surface area contributed by atoms with Gasteiger partial charge in [-0.15, -0.1) is 0 Å². The van der Waals surface area contributed by atoms with Crippen molar-refractivity contribution in [2.45, 2.75) is 6.92 Å². The molecular formula is C16H19N3O3. The number of aryl methyl sites for hydroxylation is 1. The van der Waals surface area contributed by atoms with E-state index in [2.05, 4.69) is 10.4 Å². The number of hydrogen-bond acceptors (Lipinski definition) is 4. The van der Waals surface area contributed by atoms with Gasteiger partial charge in [-0.1, -0.05) is 12.2 Å². The molecule has 0 aliphatic carbocycles. The van der Waals surface area contributed by atoms with E-state index in [0.717, 1.165) is 5.56 Å². The normalized spacial score (nSPS) is 10.7. The summed E-state index contributed by atoms with van der Waals surface area (Å²) in [5.74, 6) is 1.33. The monoisotopic (exact) mass is 301 g/mol. The number of carbonyl (C=O) groups is 1. The number of nitrogens with zero attached hydrogens (tertiary/aromatic N) is 2. The van der Waals surface area contributed by atoms with Crippen LogP contribution in [0.25, 0.3) is 6.08 Å². The Morgan fingerprint density at radius 3 is 2.64 bits per heavy atom. The lowest BCUT2D eigenvalue weighted by atomic mass is 10.1. The molecule has 1 amide bonds. The average molecular weight is 301 g/mol. The number of amides is 1. The summed E-state index contributed by atoms with van der Waals surface area (Å²) < 4.78 is 12.3. The Morgan fingerprint density at radius 1 is 1.32 bits per heavy atom. The molecule has 0 aliphatic rings. The zero-order valence-corrected chi connectivity index (χ0v) is 13.1. The molecule has 22 heavy (non-hydrogen) atoms. The number of carbonyl (C=O) groups excluding carboxylic acids is 1. The average Bonchev–Trinajstić information content (AvgIpc) is 2.91. The molecule has 6 heteroatoms. The van der Waals surface area contributed by atoms with Crippen molar-refractivity contribution in [3.63, 3.8) is 0 Å². The van der Waals surface area contributed by atoms with Crippen LogP contribution in [0.2, 0.25) is 0 Å². The summed E-state index contributed by atoms with van der Waals surface area (Å²) in [5.41, 5.74) is 1.24. The van der Waals surface area contributed by atoms with Gasteiger partial charge in [0.05, 0.1) is 14.2 Å². The van der Waals surface area contributed by atoms with E-state index < -0.39 is 0 Å². The molecule has 116 valence electrons. The Bertz CT molecular complexity index is 705. The number of ether oxygens (including phenoxy) is 2. The molecule has 0 radical (unpaired) electrons. The van der Waals surface area contributed by atoms with Crippen LogP contribution in [0.5, 0.6) is 11.5 Å². The molecule has 0 spiro atoms.